The number of likely N-dealkylation sites (N-methyl/N-ethyl adjacent to an activating group) is 1. The number of anilines is 1. The lowest BCUT2D eigenvalue weighted by Gasteiger charge is -2.30. The second kappa shape index (κ2) is 10.9. The molecule has 0 bridgehead atoms. The highest BCUT2D eigenvalue weighted by Gasteiger charge is 2.44. The van der Waals surface area contributed by atoms with Gasteiger partial charge in [0.05, 0.1) is 5.41 Å². The molecule has 0 radical (unpaired) electrons. The molecule has 1 aliphatic carbocycles. The van der Waals surface area contributed by atoms with Crippen LogP contribution in [0.1, 0.15) is 84.8 Å². The Balaban J connectivity index is 1.44. The molecule has 6 rings (SSSR count). The van der Waals surface area contributed by atoms with Crippen molar-refractivity contribution >= 4 is 23.0 Å². The Bertz CT molecular complexity index is 1580. The van der Waals surface area contributed by atoms with E-state index in [0.717, 1.165) is 51.0 Å². The fourth-order valence-corrected chi connectivity index (χ4v) is 7.79. The molecule has 0 aromatic heterocycles. The van der Waals surface area contributed by atoms with Crippen molar-refractivity contribution < 1.29 is 9.37 Å². The van der Waals surface area contributed by atoms with E-state index in [-0.39, 0.29) is 16.7 Å². The molecule has 0 saturated carbocycles. The molecule has 42 heavy (non-hydrogen) atoms. The summed E-state index contributed by atoms with van der Waals surface area (Å²) in [5, 5.41) is 0. The molecule has 4 aliphatic rings. The summed E-state index contributed by atoms with van der Waals surface area (Å²) in [4.78, 5) is 17.7. The number of fused-ring (bicyclic) bond motifs is 2. The van der Waals surface area contributed by atoms with Gasteiger partial charge in [-0.1, -0.05) is 62.4 Å². The molecule has 0 N–H and O–H groups in total. The van der Waals surface area contributed by atoms with Gasteiger partial charge in [-0.2, -0.15) is 4.58 Å². The summed E-state index contributed by atoms with van der Waals surface area (Å²) in [5.41, 5.74) is 11.6. The van der Waals surface area contributed by atoms with E-state index < -0.39 is 0 Å². The monoisotopic (exact) mass is 560 g/mol. The average Bonchev–Trinajstić information content (AvgIpc) is 3.58. The standard InChI is InChI=1S/C38H46N3O/c1-7-39-31-19-11-9-17-29(31)37(3,4)33(39)24-22-27-15-13-16-28(36(27)41-26-14-21-35(41)42)23-25-34-38(5,6)30-18-10-12-20-32(30)40(34)8-2/h9-12,17-20,22-25H,7-8,13-16,21,26H2,1-6H3/q+1. The van der Waals surface area contributed by atoms with Gasteiger partial charge in [0.15, 0.2) is 5.71 Å². The Morgan fingerprint density at radius 3 is 2.29 bits per heavy atom. The maximum Gasteiger partial charge on any atom is 0.227 e. The zero-order valence-corrected chi connectivity index (χ0v) is 26.3. The van der Waals surface area contributed by atoms with Crippen LogP contribution in [0.5, 0.6) is 0 Å². The number of para-hydroxylation sites is 2. The van der Waals surface area contributed by atoms with E-state index in [4.69, 9.17) is 0 Å². The molecule has 0 unspecified atom stereocenters. The lowest BCUT2D eigenvalue weighted by Crippen LogP contribution is -2.29. The van der Waals surface area contributed by atoms with Crippen molar-refractivity contribution in [3.05, 3.63) is 107 Å². The van der Waals surface area contributed by atoms with Gasteiger partial charge >= 0.3 is 0 Å². The highest BCUT2D eigenvalue weighted by atomic mass is 16.2. The third-order valence-electron chi connectivity index (χ3n) is 9.96. The Hall–Kier alpha value is -3.66. The van der Waals surface area contributed by atoms with Crippen molar-refractivity contribution in [1.82, 2.24) is 4.90 Å². The van der Waals surface area contributed by atoms with Crippen LogP contribution in [0, 0.1) is 0 Å². The first kappa shape index (κ1) is 28.5. The molecule has 2 aromatic carbocycles. The minimum Gasteiger partial charge on any atom is -0.344 e. The Morgan fingerprint density at radius 1 is 0.833 bits per heavy atom. The van der Waals surface area contributed by atoms with E-state index in [9.17, 15) is 4.79 Å². The fraction of sp³-hybridized carbons (Fsp3) is 0.421. The maximum absolute atomic E-state index is 13.2. The van der Waals surface area contributed by atoms with Crippen molar-refractivity contribution in [1.29, 1.82) is 0 Å². The van der Waals surface area contributed by atoms with E-state index in [1.54, 1.807) is 0 Å². The number of hydrogen-bond donors (Lipinski definition) is 0. The first-order chi connectivity index (χ1) is 20.2. The van der Waals surface area contributed by atoms with Crippen molar-refractivity contribution in [3.63, 3.8) is 0 Å². The number of carbonyl (C=O) groups is 1. The molecular weight excluding hydrogens is 514 g/mol. The van der Waals surface area contributed by atoms with Crippen LogP contribution in [0.25, 0.3) is 0 Å². The molecule has 2 aromatic rings. The molecule has 1 amide bonds. The van der Waals surface area contributed by atoms with Crippen molar-refractivity contribution in [3.8, 4) is 0 Å². The molecular formula is C38H46N3O+. The molecule has 4 heteroatoms. The molecule has 1 saturated heterocycles. The van der Waals surface area contributed by atoms with Gasteiger partial charge in [-0.15, -0.1) is 0 Å². The first-order valence-electron chi connectivity index (χ1n) is 15.9. The number of hydrogen-bond acceptors (Lipinski definition) is 2. The lowest BCUT2D eigenvalue weighted by atomic mass is 9.81. The molecule has 218 valence electrons. The van der Waals surface area contributed by atoms with Crippen LogP contribution < -0.4 is 4.90 Å². The predicted octanol–water partition coefficient (Wildman–Crippen LogP) is 8.33. The molecule has 4 nitrogen and oxygen atoms in total. The van der Waals surface area contributed by atoms with Crippen LogP contribution in [0.4, 0.5) is 11.4 Å². The summed E-state index contributed by atoms with van der Waals surface area (Å²) in [6.07, 6.45) is 14.0. The van der Waals surface area contributed by atoms with E-state index in [2.05, 4.69) is 129 Å². The number of likely N-dealkylation sites (tertiary alicyclic amines) is 1. The first-order valence-corrected chi connectivity index (χ1v) is 15.9. The van der Waals surface area contributed by atoms with Gasteiger partial charge in [-0.25, -0.2) is 0 Å². The summed E-state index contributed by atoms with van der Waals surface area (Å²) in [6, 6.07) is 17.6. The SMILES string of the molecule is CCN1/C(=C/C=C2\CCCC(/C=C/C3=[N+](CC)c4ccccc4C3(C)C)=C2N2CCCC2=O)C(C)(C)c2ccccc21. The second-order valence-electron chi connectivity index (χ2n) is 13.1. The topological polar surface area (TPSA) is 26.6 Å². The van der Waals surface area contributed by atoms with Gasteiger partial charge in [0.25, 0.3) is 0 Å². The third-order valence-corrected chi connectivity index (χ3v) is 9.96. The number of rotatable bonds is 6. The van der Waals surface area contributed by atoms with Crippen LogP contribution in [0.3, 0.4) is 0 Å². The third kappa shape index (κ3) is 4.51. The van der Waals surface area contributed by atoms with Gasteiger partial charge in [-0.3, -0.25) is 4.79 Å². The predicted molar refractivity (Wildman–Crippen MR) is 175 cm³/mol. The summed E-state index contributed by atoms with van der Waals surface area (Å²) >= 11 is 0. The largest absolute Gasteiger partial charge is 0.344 e. The zero-order valence-electron chi connectivity index (χ0n) is 26.3. The smallest absolute Gasteiger partial charge is 0.227 e. The van der Waals surface area contributed by atoms with Crippen LogP contribution in [-0.4, -0.2) is 40.7 Å². The van der Waals surface area contributed by atoms with E-state index in [1.807, 2.05) is 0 Å². The lowest BCUT2D eigenvalue weighted by molar-refractivity contribution is -0.433. The summed E-state index contributed by atoms with van der Waals surface area (Å²) in [6.45, 7) is 16.5. The highest BCUT2D eigenvalue weighted by molar-refractivity contribution is 6.03. The maximum atomic E-state index is 13.2. The second-order valence-corrected chi connectivity index (χ2v) is 13.1. The number of nitrogens with zero attached hydrogens (tertiary/aromatic N) is 3. The van der Waals surface area contributed by atoms with Gasteiger partial charge in [0.1, 0.15) is 6.54 Å². The quantitative estimate of drug-likeness (QED) is 0.332. The van der Waals surface area contributed by atoms with Crippen LogP contribution in [0.2, 0.25) is 0 Å². The Morgan fingerprint density at radius 2 is 1.57 bits per heavy atom. The Kier molecular flexibility index (Phi) is 7.37. The van der Waals surface area contributed by atoms with Crippen molar-refractivity contribution in [2.75, 3.05) is 24.5 Å². The van der Waals surface area contributed by atoms with Gasteiger partial charge in [-0.05, 0) is 82.2 Å². The van der Waals surface area contributed by atoms with Crippen LogP contribution >= 0.6 is 0 Å². The number of amides is 1. The summed E-state index contributed by atoms with van der Waals surface area (Å²) < 4.78 is 2.45. The normalized spacial score (nSPS) is 23.2. The number of allylic oxidation sites excluding steroid dienone is 7. The van der Waals surface area contributed by atoms with Crippen molar-refractivity contribution in [2.45, 2.75) is 84.5 Å². The van der Waals surface area contributed by atoms with Crippen LogP contribution in [-0.2, 0) is 15.6 Å². The van der Waals surface area contributed by atoms with Crippen molar-refractivity contribution in [2.24, 2.45) is 0 Å². The molecule has 0 atom stereocenters. The van der Waals surface area contributed by atoms with Gasteiger partial charge in [0.2, 0.25) is 11.6 Å². The minimum atomic E-state index is -0.0717. The summed E-state index contributed by atoms with van der Waals surface area (Å²) in [7, 11) is 0. The number of carbonyl (C=O) groups excluding carboxylic acids is 1. The molecule has 1 fully saturated rings. The molecule has 0 spiro atoms. The highest BCUT2D eigenvalue weighted by Crippen LogP contribution is 2.48. The van der Waals surface area contributed by atoms with E-state index in [1.165, 1.54) is 45.1 Å². The van der Waals surface area contributed by atoms with Gasteiger partial charge < -0.3 is 9.80 Å². The number of benzene rings is 2. The Labute approximate surface area is 252 Å². The zero-order chi connectivity index (χ0) is 29.6. The summed E-state index contributed by atoms with van der Waals surface area (Å²) in [5.74, 6) is 0.261. The van der Waals surface area contributed by atoms with E-state index >= 15 is 0 Å². The van der Waals surface area contributed by atoms with Gasteiger partial charge in [0, 0.05) is 59.7 Å². The fourth-order valence-electron chi connectivity index (χ4n) is 7.79. The van der Waals surface area contributed by atoms with E-state index in [0.29, 0.717) is 6.42 Å². The molecule has 3 aliphatic heterocycles. The van der Waals surface area contributed by atoms with Crippen LogP contribution in [0.15, 0.2) is 95.4 Å². The molecule has 3 heterocycles. The average molecular weight is 561 g/mol. The minimum absolute atomic E-state index is 0.0717.